The maximum absolute atomic E-state index is 11.8. The maximum Gasteiger partial charge on any atom is 0.288 e. The fourth-order valence-corrected chi connectivity index (χ4v) is 1.19. The smallest absolute Gasteiger partial charge is 0.288 e. The lowest BCUT2D eigenvalue weighted by Gasteiger charge is -2.16. The summed E-state index contributed by atoms with van der Waals surface area (Å²) in [7, 11) is 3.13. The van der Waals surface area contributed by atoms with Gasteiger partial charge in [0, 0.05) is 33.0 Å². The number of carbonyl (C=O) groups is 1. The molecule has 0 radical (unpaired) electrons. The Labute approximate surface area is 98.2 Å². The van der Waals surface area contributed by atoms with Crippen molar-refractivity contribution in [2.45, 2.75) is 0 Å². The molecule has 92 valence electrons. The second kappa shape index (κ2) is 5.90. The zero-order chi connectivity index (χ0) is 12.8. The average molecular weight is 239 g/mol. The molecule has 1 amide bonds. The van der Waals surface area contributed by atoms with Gasteiger partial charge < -0.3 is 9.64 Å². The standard InChI is InChI=1S/C10H13N3O4/c1-12(3-4-17-2)10(14)8-5-9(13(15)16)7-11-6-8/h5-7H,3-4H2,1-2H3. The first-order chi connectivity index (χ1) is 8.06. The Balaban J connectivity index is 2.81. The van der Waals surface area contributed by atoms with Crippen LogP contribution in [0.1, 0.15) is 10.4 Å². The summed E-state index contributed by atoms with van der Waals surface area (Å²) in [5.41, 5.74) is -0.00575. The molecule has 1 aromatic rings. The molecule has 0 fully saturated rings. The number of likely N-dealkylation sites (N-methyl/N-ethyl adjacent to an activating group) is 1. The van der Waals surface area contributed by atoms with Crippen molar-refractivity contribution in [2.75, 3.05) is 27.3 Å². The molecule has 1 heterocycles. The van der Waals surface area contributed by atoms with Crippen molar-refractivity contribution >= 4 is 11.6 Å². The van der Waals surface area contributed by atoms with Crippen LogP contribution >= 0.6 is 0 Å². The summed E-state index contributed by atoms with van der Waals surface area (Å²) in [6, 6.07) is 1.21. The number of rotatable bonds is 5. The summed E-state index contributed by atoms with van der Waals surface area (Å²) in [5.74, 6) is -0.321. The van der Waals surface area contributed by atoms with Crippen LogP contribution in [0.15, 0.2) is 18.5 Å². The highest BCUT2D eigenvalue weighted by Crippen LogP contribution is 2.12. The Hall–Kier alpha value is -2.02. The Morgan fingerprint density at radius 1 is 1.59 bits per heavy atom. The van der Waals surface area contributed by atoms with Crippen LogP contribution in [0.5, 0.6) is 0 Å². The van der Waals surface area contributed by atoms with E-state index in [1.807, 2.05) is 0 Å². The number of hydrogen-bond acceptors (Lipinski definition) is 5. The molecule has 7 nitrogen and oxygen atoms in total. The predicted molar refractivity (Wildman–Crippen MR) is 59.7 cm³/mol. The Kier molecular flexibility index (Phi) is 4.53. The van der Waals surface area contributed by atoms with Gasteiger partial charge in [0.1, 0.15) is 6.20 Å². The largest absolute Gasteiger partial charge is 0.383 e. The van der Waals surface area contributed by atoms with Gasteiger partial charge >= 0.3 is 0 Å². The lowest BCUT2D eigenvalue weighted by atomic mass is 10.2. The van der Waals surface area contributed by atoms with Gasteiger partial charge in [0.15, 0.2) is 0 Å². The summed E-state index contributed by atoms with van der Waals surface area (Å²) < 4.78 is 4.84. The van der Waals surface area contributed by atoms with Gasteiger partial charge in [0.05, 0.1) is 17.1 Å². The van der Waals surface area contributed by atoms with Crippen molar-refractivity contribution < 1.29 is 14.5 Å². The first-order valence-electron chi connectivity index (χ1n) is 4.90. The highest BCUT2D eigenvalue weighted by atomic mass is 16.6. The van der Waals surface area contributed by atoms with Gasteiger partial charge in [0.2, 0.25) is 0 Å². The molecule has 0 aromatic carbocycles. The molecule has 0 aliphatic heterocycles. The maximum atomic E-state index is 11.8. The molecule has 0 unspecified atom stereocenters. The summed E-state index contributed by atoms with van der Waals surface area (Å²) in [6.45, 7) is 0.822. The molecule has 0 atom stereocenters. The Bertz CT molecular complexity index is 422. The molecular formula is C10H13N3O4. The number of methoxy groups -OCH3 is 1. The van der Waals surface area contributed by atoms with E-state index in [0.29, 0.717) is 13.2 Å². The number of hydrogen-bond donors (Lipinski definition) is 0. The molecule has 0 aliphatic carbocycles. The minimum atomic E-state index is -0.584. The second-order valence-electron chi connectivity index (χ2n) is 3.41. The molecule has 1 rings (SSSR count). The van der Waals surface area contributed by atoms with Gasteiger partial charge in [-0.15, -0.1) is 0 Å². The Morgan fingerprint density at radius 2 is 2.29 bits per heavy atom. The first kappa shape index (κ1) is 13.0. The van der Waals surface area contributed by atoms with Gasteiger partial charge in [-0.2, -0.15) is 0 Å². The minimum absolute atomic E-state index is 0.192. The average Bonchev–Trinajstić information content (AvgIpc) is 2.35. The third kappa shape index (κ3) is 3.49. The molecule has 0 aliphatic rings. The summed E-state index contributed by atoms with van der Waals surface area (Å²) in [4.78, 5) is 26.9. The van der Waals surface area contributed by atoms with Gasteiger partial charge in [-0.05, 0) is 0 Å². The van der Waals surface area contributed by atoms with E-state index in [2.05, 4.69) is 4.98 Å². The van der Waals surface area contributed by atoms with E-state index in [0.717, 1.165) is 6.20 Å². The minimum Gasteiger partial charge on any atom is -0.383 e. The fraction of sp³-hybridized carbons (Fsp3) is 0.400. The predicted octanol–water partition coefficient (Wildman–Crippen LogP) is 0.708. The van der Waals surface area contributed by atoms with Gasteiger partial charge in [0.25, 0.3) is 11.6 Å². The topological polar surface area (TPSA) is 85.6 Å². The van der Waals surface area contributed by atoms with Crippen LogP contribution in [-0.2, 0) is 4.74 Å². The Morgan fingerprint density at radius 3 is 2.88 bits per heavy atom. The molecule has 7 heteroatoms. The molecule has 0 spiro atoms. The van der Waals surface area contributed by atoms with E-state index < -0.39 is 4.92 Å². The normalized spacial score (nSPS) is 10.0. The van der Waals surface area contributed by atoms with Gasteiger partial charge in [-0.3, -0.25) is 19.9 Å². The van der Waals surface area contributed by atoms with Gasteiger partial charge in [-0.25, -0.2) is 0 Å². The number of nitro groups is 1. The van der Waals surface area contributed by atoms with E-state index in [1.165, 1.54) is 24.3 Å². The van der Waals surface area contributed by atoms with E-state index in [4.69, 9.17) is 4.74 Å². The van der Waals surface area contributed by atoms with Crippen LogP contribution < -0.4 is 0 Å². The van der Waals surface area contributed by atoms with E-state index in [9.17, 15) is 14.9 Å². The van der Waals surface area contributed by atoms with Crippen molar-refractivity contribution in [1.29, 1.82) is 0 Å². The molecule has 0 N–H and O–H groups in total. The monoisotopic (exact) mass is 239 g/mol. The number of amides is 1. The van der Waals surface area contributed by atoms with Crippen LogP contribution in [0, 0.1) is 10.1 Å². The zero-order valence-corrected chi connectivity index (χ0v) is 9.62. The summed E-state index contributed by atoms with van der Waals surface area (Å²) >= 11 is 0. The van der Waals surface area contributed by atoms with Crippen molar-refractivity contribution in [1.82, 2.24) is 9.88 Å². The number of pyridine rings is 1. The quantitative estimate of drug-likeness (QED) is 0.558. The summed E-state index contributed by atoms with van der Waals surface area (Å²) in [6.07, 6.45) is 2.41. The van der Waals surface area contributed by atoms with Crippen molar-refractivity contribution in [3.63, 3.8) is 0 Å². The molecule has 0 saturated carbocycles. The van der Waals surface area contributed by atoms with Crippen molar-refractivity contribution in [2.24, 2.45) is 0 Å². The van der Waals surface area contributed by atoms with E-state index in [1.54, 1.807) is 7.05 Å². The van der Waals surface area contributed by atoms with Crippen LogP contribution in [0.3, 0.4) is 0 Å². The van der Waals surface area contributed by atoms with E-state index >= 15 is 0 Å². The first-order valence-corrected chi connectivity index (χ1v) is 4.90. The number of ether oxygens (including phenoxy) is 1. The zero-order valence-electron chi connectivity index (χ0n) is 9.62. The highest BCUT2D eigenvalue weighted by molar-refractivity contribution is 5.94. The number of carbonyl (C=O) groups excluding carboxylic acids is 1. The van der Waals surface area contributed by atoms with Crippen LogP contribution in [0.25, 0.3) is 0 Å². The van der Waals surface area contributed by atoms with Crippen molar-refractivity contribution in [3.05, 3.63) is 34.1 Å². The molecule has 1 aromatic heterocycles. The van der Waals surface area contributed by atoms with E-state index in [-0.39, 0.29) is 17.2 Å². The molecule has 0 bridgehead atoms. The van der Waals surface area contributed by atoms with Crippen LogP contribution in [0.2, 0.25) is 0 Å². The third-order valence-electron chi connectivity index (χ3n) is 2.16. The number of nitrogens with zero attached hydrogens (tertiary/aromatic N) is 3. The van der Waals surface area contributed by atoms with Crippen LogP contribution in [0.4, 0.5) is 5.69 Å². The fourth-order valence-electron chi connectivity index (χ4n) is 1.19. The summed E-state index contributed by atoms with van der Waals surface area (Å²) in [5, 5.41) is 10.5. The molecule has 17 heavy (non-hydrogen) atoms. The van der Waals surface area contributed by atoms with Crippen molar-refractivity contribution in [3.8, 4) is 0 Å². The second-order valence-corrected chi connectivity index (χ2v) is 3.41. The highest BCUT2D eigenvalue weighted by Gasteiger charge is 2.15. The third-order valence-corrected chi connectivity index (χ3v) is 2.16. The van der Waals surface area contributed by atoms with Gasteiger partial charge in [-0.1, -0.05) is 0 Å². The molecular weight excluding hydrogens is 226 g/mol. The van der Waals surface area contributed by atoms with Crippen LogP contribution in [-0.4, -0.2) is 48.0 Å². The molecule has 0 saturated heterocycles. The SMILES string of the molecule is COCCN(C)C(=O)c1cncc([N+](=O)[O-])c1. The lowest BCUT2D eigenvalue weighted by molar-refractivity contribution is -0.385. The lowest BCUT2D eigenvalue weighted by Crippen LogP contribution is -2.30. The number of aromatic nitrogens is 1.